The Bertz CT molecular complexity index is 1330. The molecule has 0 saturated carbocycles. The van der Waals surface area contributed by atoms with Crippen LogP contribution in [0.3, 0.4) is 0 Å². The number of nitrogens with zero attached hydrogens (tertiary/aromatic N) is 2. The van der Waals surface area contributed by atoms with Crippen LogP contribution in [0.5, 0.6) is 5.75 Å². The topological polar surface area (TPSA) is 106 Å². The first-order valence-corrected chi connectivity index (χ1v) is 11.4. The zero-order chi connectivity index (χ0) is 27.0. The lowest BCUT2D eigenvalue weighted by molar-refractivity contribution is -0.136. The zero-order valence-electron chi connectivity index (χ0n) is 20.0. The highest BCUT2D eigenvalue weighted by molar-refractivity contribution is 6.34. The lowest BCUT2D eigenvalue weighted by Crippen LogP contribution is -2.49. The Kier molecular flexibility index (Phi) is 7.69. The maximum absolute atomic E-state index is 14.4. The molecule has 2 radical (unpaired) electrons. The average molecular weight is 530 g/mol. The highest BCUT2D eigenvalue weighted by Gasteiger charge is 2.38. The molecule has 3 N–H and O–H groups in total. The molecule has 2 aromatic carbocycles. The summed E-state index contributed by atoms with van der Waals surface area (Å²) < 4.78 is 20.2. The van der Waals surface area contributed by atoms with E-state index < -0.39 is 28.7 Å². The summed E-state index contributed by atoms with van der Waals surface area (Å²) in [6, 6.07) is 9.73. The van der Waals surface area contributed by atoms with Gasteiger partial charge in [-0.15, -0.1) is 0 Å². The predicted octanol–water partition coefficient (Wildman–Crippen LogP) is 4.81. The molecule has 0 fully saturated rings. The molecule has 0 aliphatic heterocycles. The van der Waals surface area contributed by atoms with Crippen molar-refractivity contribution >= 4 is 48.7 Å². The smallest absolute Gasteiger partial charge is 0.263 e. The van der Waals surface area contributed by atoms with Crippen molar-refractivity contribution in [3.05, 3.63) is 75.7 Å². The van der Waals surface area contributed by atoms with Crippen molar-refractivity contribution < 1.29 is 23.8 Å². The Morgan fingerprint density at radius 2 is 1.81 bits per heavy atom. The Balaban J connectivity index is 2.18. The van der Waals surface area contributed by atoms with E-state index >= 15 is 0 Å². The molecule has 36 heavy (non-hydrogen) atoms. The number of primary amides is 1. The highest BCUT2D eigenvalue weighted by Crippen LogP contribution is 2.39. The first kappa shape index (κ1) is 27.5. The second-order valence-electron chi connectivity index (χ2n) is 9.11. The summed E-state index contributed by atoms with van der Waals surface area (Å²) >= 11 is 12.4. The minimum absolute atomic E-state index is 0.0848. The van der Waals surface area contributed by atoms with Crippen molar-refractivity contribution in [1.82, 2.24) is 4.98 Å². The van der Waals surface area contributed by atoms with Crippen LogP contribution in [0, 0.1) is 11.2 Å². The fraction of sp³-hybridized carbons (Fsp3) is 0.240. The molecule has 0 bridgehead atoms. The van der Waals surface area contributed by atoms with E-state index in [1.165, 1.54) is 49.6 Å². The standard InChI is InChI=1S/C25H23BCl2FN3O4/c1-24(2,3)25(26,35)36-19-11-14(15-10-13(21(30)33)8-9-16(15)27)12-31-22(19)32(4)23(34)20-17(28)6-5-7-18(20)29/h5-12,35H,1-4H3,(H2,30,33). The van der Waals surface area contributed by atoms with Crippen molar-refractivity contribution in [1.29, 1.82) is 0 Å². The molecule has 0 spiro atoms. The first-order chi connectivity index (χ1) is 16.6. The summed E-state index contributed by atoms with van der Waals surface area (Å²) in [5, 5.41) is 11.0. The molecule has 3 aromatic rings. The van der Waals surface area contributed by atoms with Crippen LogP contribution in [0.15, 0.2) is 48.7 Å². The first-order valence-electron chi connectivity index (χ1n) is 10.7. The van der Waals surface area contributed by atoms with Crippen LogP contribution in [-0.2, 0) is 0 Å². The average Bonchev–Trinajstić information content (AvgIpc) is 2.77. The molecular weight excluding hydrogens is 507 g/mol. The number of anilines is 1. The minimum Gasteiger partial charge on any atom is -0.468 e. The second-order valence-corrected chi connectivity index (χ2v) is 9.93. The summed E-state index contributed by atoms with van der Waals surface area (Å²) in [7, 11) is 7.39. The van der Waals surface area contributed by atoms with E-state index in [0.717, 1.165) is 11.0 Å². The molecule has 7 nitrogen and oxygen atoms in total. The molecule has 11 heteroatoms. The Hall–Kier alpha value is -3.14. The van der Waals surface area contributed by atoms with Gasteiger partial charge < -0.3 is 15.6 Å². The van der Waals surface area contributed by atoms with E-state index in [9.17, 15) is 19.1 Å². The highest BCUT2D eigenvalue weighted by atomic mass is 35.5. The lowest BCUT2D eigenvalue weighted by Gasteiger charge is -2.38. The SMILES string of the molecule is [B]C(O)(Oc1cc(-c2cc(C(N)=O)ccc2Cl)cnc1N(C)C(=O)c1c(F)cccc1Cl)C(C)(C)C. The van der Waals surface area contributed by atoms with Crippen LogP contribution in [-0.4, -0.2) is 42.5 Å². The van der Waals surface area contributed by atoms with Gasteiger partial charge in [0.15, 0.2) is 25.1 Å². The summed E-state index contributed by atoms with van der Waals surface area (Å²) in [6.07, 6.45) is 1.37. The normalized spacial score (nSPS) is 13.1. The van der Waals surface area contributed by atoms with E-state index in [1.54, 1.807) is 20.8 Å². The molecule has 0 aliphatic rings. The molecule has 1 unspecified atom stereocenters. The van der Waals surface area contributed by atoms with E-state index in [4.69, 9.17) is 41.5 Å². The third kappa shape index (κ3) is 5.48. The maximum Gasteiger partial charge on any atom is 0.263 e. The van der Waals surface area contributed by atoms with Crippen molar-refractivity contribution in [2.24, 2.45) is 11.1 Å². The second kappa shape index (κ2) is 10.1. The molecule has 0 saturated heterocycles. The van der Waals surface area contributed by atoms with Gasteiger partial charge in [-0.2, -0.15) is 0 Å². The van der Waals surface area contributed by atoms with Gasteiger partial charge in [0.25, 0.3) is 5.91 Å². The number of pyridine rings is 1. The molecule has 1 atom stereocenters. The van der Waals surface area contributed by atoms with Gasteiger partial charge in [0.2, 0.25) is 5.91 Å². The van der Waals surface area contributed by atoms with Crippen LogP contribution in [0.4, 0.5) is 10.2 Å². The minimum atomic E-state index is -2.21. The van der Waals surface area contributed by atoms with Gasteiger partial charge in [-0.3, -0.25) is 14.5 Å². The Morgan fingerprint density at radius 1 is 1.14 bits per heavy atom. The van der Waals surface area contributed by atoms with Gasteiger partial charge in [0, 0.05) is 40.4 Å². The number of carbonyl (C=O) groups excluding carboxylic acids is 2. The number of carbonyl (C=O) groups is 2. The quantitative estimate of drug-likeness (QED) is 0.352. The number of benzene rings is 2. The number of hydrogen-bond acceptors (Lipinski definition) is 5. The van der Waals surface area contributed by atoms with Crippen LogP contribution in [0.2, 0.25) is 10.0 Å². The number of aromatic nitrogens is 1. The maximum atomic E-state index is 14.4. The van der Waals surface area contributed by atoms with Gasteiger partial charge in [0.05, 0.1) is 10.6 Å². The van der Waals surface area contributed by atoms with Crippen molar-refractivity contribution in [3.8, 4) is 16.9 Å². The number of aliphatic hydroxyl groups is 1. The van der Waals surface area contributed by atoms with E-state index in [-0.39, 0.29) is 32.7 Å². The van der Waals surface area contributed by atoms with Crippen LogP contribution >= 0.6 is 23.2 Å². The van der Waals surface area contributed by atoms with E-state index in [2.05, 4.69) is 4.98 Å². The fourth-order valence-corrected chi connectivity index (χ4v) is 3.57. The monoisotopic (exact) mass is 529 g/mol. The van der Waals surface area contributed by atoms with Crippen LogP contribution in [0.1, 0.15) is 41.5 Å². The van der Waals surface area contributed by atoms with Gasteiger partial charge >= 0.3 is 0 Å². The Labute approximate surface area is 219 Å². The van der Waals surface area contributed by atoms with Crippen molar-refractivity contribution in [2.45, 2.75) is 26.5 Å². The summed E-state index contributed by atoms with van der Waals surface area (Å²) in [5.41, 5.74) is 2.81. The van der Waals surface area contributed by atoms with Gasteiger partial charge in [-0.05, 0) is 36.4 Å². The van der Waals surface area contributed by atoms with Gasteiger partial charge in [-0.25, -0.2) is 9.37 Å². The molecule has 2 amide bonds. The van der Waals surface area contributed by atoms with Crippen LogP contribution < -0.4 is 15.4 Å². The number of amides is 2. The fourth-order valence-electron chi connectivity index (χ4n) is 3.10. The van der Waals surface area contributed by atoms with Gasteiger partial charge in [-0.1, -0.05) is 50.0 Å². The van der Waals surface area contributed by atoms with E-state index in [1.807, 2.05) is 0 Å². The molecule has 186 valence electrons. The summed E-state index contributed by atoms with van der Waals surface area (Å²) in [4.78, 5) is 30.2. The lowest BCUT2D eigenvalue weighted by atomic mass is 9.73. The molecule has 0 aliphatic carbocycles. The molecule has 1 aromatic heterocycles. The number of rotatable bonds is 6. The third-order valence-electron chi connectivity index (χ3n) is 5.53. The summed E-state index contributed by atoms with van der Waals surface area (Å²) in [5.74, 6) is -2.49. The van der Waals surface area contributed by atoms with E-state index in [0.29, 0.717) is 11.1 Å². The largest absolute Gasteiger partial charge is 0.468 e. The molecule has 1 heterocycles. The number of nitrogens with two attached hydrogens (primary N) is 1. The van der Waals surface area contributed by atoms with Crippen LogP contribution in [0.25, 0.3) is 11.1 Å². The zero-order valence-corrected chi connectivity index (χ0v) is 21.5. The van der Waals surface area contributed by atoms with Crippen molar-refractivity contribution in [2.75, 3.05) is 11.9 Å². The van der Waals surface area contributed by atoms with Crippen molar-refractivity contribution in [3.63, 3.8) is 0 Å². The summed E-state index contributed by atoms with van der Waals surface area (Å²) in [6.45, 7) is 4.93. The van der Waals surface area contributed by atoms with Gasteiger partial charge in [0.1, 0.15) is 5.82 Å². The molecular formula is C25H23BCl2FN3O4. The molecule has 3 rings (SSSR count). The number of hydrogen-bond donors (Lipinski definition) is 2. The Morgan fingerprint density at radius 3 is 2.39 bits per heavy atom. The predicted molar refractivity (Wildman–Crippen MR) is 138 cm³/mol. The third-order valence-corrected chi connectivity index (χ3v) is 6.18. The number of ether oxygens (including phenoxy) is 1. The number of halogens is 3.